The van der Waals surface area contributed by atoms with Gasteiger partial charge in [0, 0.05) is 20.0 Å². The zero-order chi connectivity index (χ0) is 21.7. The summed E-state index contributed by atoms with van der Waals surface area (Å²) < 4.78 is 14.2. The van der Waals surface area contributed by atoms with Gasteiger partial charge in [-0.3, -0.25) is 18.8 Å². The van der Waals surface area contributed by atoms with Crippen LogP contribution in [0.1, 0.15) is 38.8 Å². The number of hydrogen-bond donors (Lipinski definition) is 1. The molecule has 1 aromatic carbocycles. The molecule has 0 saturated carbocycles. The van der Waals surface area contributed by atoms with E-state index >= 15 is 0 Å². The smallest absolute Gasteiger partial charge is 0.264 e. The van der Waals surface area contributed by atoms with Gasteiger partial charge in [0.15, 0.2) is 17.1 Å². The first-order valence-electron chi connectivity index (χ1n) is 10.0. The van der Waals surface area contributed by atoms with Gasteiger partial charge >= 0.3 is 0 Å². The fourth-order valence-electron chi connectivity index (χ4n) is 3.18. The third-order valence-corrected chi connectivity index (χ3v) is 4.74. The molecule has 1 atom stereocenters. The molecule has 1 N–H and O–H groups in total. The van der Waals surface area contributed by atoms with Crippen LogP contribution in [0, 0.1) is 0 Å². The maximum Gasteiger partial charge on any atom is 0.264 e. The summed E-state index contributed by atoms with van der Waals surface area (Å²) in [5.41, 5.74) is 1.22. The number of aromatic nitrogens is 4. The van der Waals surface area contributed by atoms with Crippen molar-refractivity contribution in [2.24, 2.45) is 7.05 Å². The maximum absolute atomic E-state index is 12.5. The summed E-state index contributed by atoms with van der Waals surface area (Å²) >= 11 is 0. The van der Waals surface area contributed by atoms with Crippen molar-refractivity contribution >= 4 is 16.9 Å². The molecule has 0 unspecified atom stereocenters. The van der Waals surface area contributed by atoms with Crippen LogP contribution in [0.2, 0.25) is 0 Å². The highest BCUT2D eigenvalue weighted by Gasteiger charge is 2.14. The number of benzene rings is 1. The van der Waals surface area contributed by atoms with Gasteiger partial charge in [0.2, 0.25) is 5.91 Å². The van der Waals surface area contributed by atoms with Crippen LogP contribution >= 0.6 is 0 Å². The monoisotopic (exact) mass is 413 g/mol. The second kappa shape index (κ2) is 9.43. The van der Waals surface area contributed by atoms with Crippen LogP contribution in [0.15, 0.2) is 35.5 Å². The first-order chi connectivity index (χ1) is 14.4. The second-order valence-corrected chi connectivity index (χ2v) is 6.86. The number of nitrogens with one attached hydrogen (secondary N) is 1. The standard InChI is InChI=1S/C21H27N5O4/c1-5-29-17-8-7-15(11-18(17)30-6-2)14(3)24-19(27)9-10-26-13-22-20-16(21(26)28)12-23-25(20)4/h7-8,11-14H,5-6,9-10H2,1-4H3,(H,24,27)/t14-/m0/s1. The highest BCUT2D eigenvalue weighted by atomic mass is 16.5. The van der Waals surface area contributed by atoms with E-state index < -0.39 is 0 Å². The molecular weight excluding hydrogens is 386 g/mol. The number of carbonyl (C=O) groups is 1. The average Bonchev–Trinajstić information content (AvgIpc) is 3.10. The van der Waals surface area contributed by atoms with Gasteiger partial charge in [0.25, 0.3) is 5.56 Å². The lowest BCUT2D eigenvalue weighted by atomic mass is 10.1. The van der Waals surface area contributed by atoms with Crippen LogP contribution in [-0.4, -0.2) is 38.5 Å². The Balaban J connectivity index is 1.64. The maximum atomic E-state index is 12.5. The van der Waals surface area contributed by atoms with E-state index in [1.807, 2.05) is 39.0 Å². The van der Waals surface area contributed by atoms with Crippen LogP contribution in [0.5, 0.6) is 11.5 Å². The van der Waals surface area contributed by atoms with Crippen molar-refractivity contribution in [3.8, 4) is 11.5 Å². The Hall–Kier alpha value is -3.36. The van der Waals surface area contributed by atoms with Gasteiger partial charge < -0.3 is 14.8 Å². The molecule has 0 fully saturated rings. The minimum absolute atomic E-state index is 0.160. The van der Waals surface area contributed by atoms with Gasteiger partial charge in [-0.25, -0.2) is 4.98 Å². The molecule has 1 amide bonds. The Kier molecular flexibility index (Phi) is 6.71. The van der Waals surface area contributed by atoms with E-state index in [0.29, 0.717) is 35.7 Å². The van der Waals surface area contributed by atoms with Crippen molar-refractivity contribution in [3.05, 3.63) is 46.6 Å². The summed E-state index contributed by atoms with van der Waals surface area (Å²) in [6.07, 6.45) is 3.10. The summed E-state index contributed by atoms with van der Waals surface area (Å²) in [6, 6.07) is 5.41. The molecule has 2 heterocycles. The lowest BCUT2D eigenvalue weighted by Gasteiger charge is -2.17. The van der Waals surface area contributed by atoms with E-state index in [2.05, 4.69) is 15.4 Å². The lowest BCUT2D eigenvalue weighted by Crippen LogP contribution is -2.29. The third-order valence-electron chi connectivity index (χ3n) is 4.74. The van der Waals surface area contributed by atoms with Crippen LogP contribution in [-0.2, 0) is 18.4 Å². The van der Waals surface area contributed by atoms with Crippen LogP contribution in [0.4, 0.5) is 0 Å². The largest absolute Gasteiger partial charge is 0.490 e. The molecular formula is C21H27N5O4. The van der Waals surface area contributed by atoms with E-state index in [1.165, 1.54) is 17.1 Å². The van der Waals surface area contributed by atoms with Crippen molar-refractivity contribution in [1.82, 2.24) is 24.6 Å². The van der Waals surface area contributed by atoms with E-state index in [4.69, 9.17) is 9.47 Å². The molecule has 30 heavy (non-hydrogen) atoms. The average molecular weight is 413 g/mol. The van der Waals surface area contributed by atoms with Crippen LogP contribution in [0.3, 0.4) is 0 Å². The van der Waals surface area contributed by atoms with Gasteiger partial charge in [0.1, 0.15) is 5.39 Å². The quantitative estimate of drug-likeness (QED) is 0.577. The molecule has 0 radical (unpaired) electrons. The topological polar surface area (TPSA) is 100 Å². The number of nitrogens with zero attached hydrogens (tertiary/aromatic N) is 4. The predicted molar refractivity (Wildman–Crippen MR) is 113 cm³/mol. The Morgan fingerprint density at radius 3 is 2.67 bits per heavy atom. The highest BCUT2D eigenvalue weighted by Crippen LogP contribution is 2.30. The number of rotatable bonds is 9. The number of aryl methyl sites for hydroxylation is 2. The summed E-state index contributed by atoms with van der Waals surface area (Å²) in [5.74, 6) is 1.17. The number of ether oxygens (including phenoxy) is 2. The minimum Gasteiger partial charge on any atom is -0.490 e. The number of fused-ring (bicyclic) bond motifs is 1. The van der Waals surface area contributed by atoms with Gasteiger partial charge in [-0.05, 0) is 38.5 Å². The molecule has 0 aliphatic carbocycles. The first kappa shape index (κ1) is 21.4. The zero-order valence-corrected chi connectivity index (χ0v) is 17.7. The fourth-order valence-corrected chi connectivity index (χ4v) is 3.18. The Morgan fingerprint density at radius 2 is 1.93 bits per heavy atom. The summed E-state index contributed by atoms with van der Waals surface area (Å²) in [5, 5.41) is 7.44. The molecule has 0 bridgehead atoms. The van der Waals surface area contributed by atoms with Crippen molar-refractivity contribution in [1.29, 1.82) is 0 Å². The van der Waals surface area contributed by atoms with Crippen LogP contribution in [0.25, 0.3) is 11.0 Å². The molecule has 3 aromatic rings. The first-order valence-corrected chi connectivity index (χ1v) is 10.0. The number of amides is 1. The molecule has 0 saturated heterocycles. The van der Waals surface area contributed by atoms with Gasteiger partial charge in [-0.15, -0.1) is 0 Å². The molecule has 0 aliphatic rings. The number of hydrogen-bond acceptors (Lipinski definition) is 6. The van der Waals surface area contributed by atoms with E-state index in [0.717, 1.165) is 5.56 Å². The zero-order valence-electron chi connectivity index (χ0n) is 17.7. The highest BCUT2D eigenvalue weighted by molar-refractivity contribution is 5.76. The van der Waals surface area contributed by atoms with Crippen molar-refractivity contribution in [2.45, 2.75) is 39.8 Å². The van der Waals surface area contributed by atoms with Gasteiger partial charge in [0.05, 0.1) is 31.8 Å². The van der Waals surface area contributed by atoms with E-state index in [-0.39, 0.29) is 30.5 Å². The van der Waals surface area contributed by atoms with Crippen molar-refractivity contribution < 1.29 is 14.3 Å². The normalized spacial score (nSPS) is 12.0. The SMILES string of the molecule is CCOc1ccc([C@H](C)NC(=O)CCn2cnc3c(cnn3C)c2=O)cc1OCC. The molecule has 3 rings (SSSR count). The third kappa shape index (κ3) is 4.61. The molecule has 2 aromatic heterocycles. The molecule has 9 heteroatoms. The Bertz CT molecular complexity index is 1090. The van der Waals surface area contributed by atoms with Crippen LogP contribution < -0.4 is 20.3 Å². The summed E-state index contributed by atoms with van der Waals surface area (Å²) in [6.45, 7) is 7.03. The predicted octanol–water partition coefficient (Wildman–Crippen LogP) is 2.19. The molecule has 0 aliphatic heterocycles. The summed E-state index contributed by atoms with van der Waals surface area (Å²) in [7, 11) is 1.73. The number of carbonyl (C=O) groups excluding carboxylic acids is 1. The van der Waals surface area contributed by atoms with E-state index in [9.17, 15) is 9.59 Å². The second-order valence-electron chi connectivity index (χ2n) is 6.86. The molecule has 160 valence electrons. The Labute approximate surface area is 174 Å². The van der Waals surface area contributed by atoms with Gasteiger partial charge in [-0.1, -0.05) is 6.07 Å². The molecule has 9 nitrogen and oxygen atoms in total. The lowest BCUT2D eigenvalue weighted by molar-refractivity contribution is -0.121. The van der Waals surface area contributed by atoms with Gasteiger partial charge in [-0.2, -0.15) is 5.10 Å². The van der Waals surface area contributed by atoms with E-state index in [1.54, 1.807) is 11.7 Å². The van der Waals surface area contributed by atoms with Crippen molar-refractivity contribution in [3.63, 3.8) is 0 Å². The van der Waals surface area contributed by atoms with Crippen molar-refractivity contribution in [2.75, 3.05) is 13.2 Å². The summed E-state index contributed by atoms with van der Waals surface area (Å²) in [4.78, 5) is 29.2. The fraction of sp³-hybridized carbons (Fsp3) is 0.429. The minimum atomic E-state index is -0.219. The molecule has 0 spiro atoms. The Morgan fingerprint density at radius 1 is 1.20 bits per heavy atom.